The van der Waals surface area contributed by atoms with Gasteiger partial charge in [0.2, 0.25) is 0 Å². The molecule has 1 amide bonds. The second-order valence-electron chi connectivity index (χ2n) is 5.48. The molecule has 0 aliphatic carbocycles. The van der Waals surface area contributed by atoms with Crippen LogP contribution in [0.5, 0.6) is 5.75 Å². The van der Waals surface area contributed by atoms with Crippen molar-refractivity contribution >= 4 is 35.1 Å². The van der Waals surface area contributed by atoms with Crippen molar-refractivity contribution in [3.63, 3.8) is 0 Å². The summed E-state index contributed by atoms with van der Waals surface area (Å²) in [7, 11) is 0. The highest BCUT2D eigenvalue weighted by Gasteiger charge is 2.16. The topological polar surface area (TPSA) is 166 Å². The number of nitrogens with one attached hydrogen (secondary N) is 1. The van der Waals surface area contributed by atoms with Crippen LogP contribution in [0.4, 0.5) is 11.6 Å². The number of rotatable bonds is 6. The van der Waals surface area contributed by atoms with Gasteiger partial charge in [0.1, 0.15) is 5.75 Å². The van der Waals surface area contributed by atoms with Crippen molar-refractivity contribution in [3.8, 4) is 5.75 Å². The van der Waals surface area contributed by atoms with Crippen LogP contribution in [0.2, 0.25) is 5.15 Å². The number of anilines is 2. The molecule has 2 rings (SSSR count). The number of benzene rings is 1. The molecule has 0 aliphatic heterocycles. The number of unbranched alkanes of at least 4 members (excludes halogenated alkanes) is 1. The molecule has 0 saturated carbocycles. The Kier molecular flexibility index (Phi) is 9.24. The highest BCUT2D eigenvalue weighted by atomic mass is 35.5. The number of carbonyl (C=O) groups excluding carboxylic acids is 1. The smallest absolute Gasteiger partial charge is 0.280 e. The number of phenolic OH excluding ortho intramolecular Hbond substituents is 1. The quantitative estimate of drug-likeness (QED) is 0.211. The van der Waals surface area contributed by atoms with Crippen LogP contribution in [0.3, 0.4) is 0 Å². The zero-order valence-corrected chi connectivity index (χ0v) is 16.1. The van der Waals surface area contributed by atoms with Crippen LogP contribution in [0.15, 0.2) is 42.4 Å². The summed E-state index contributed by atoms with van der Waals surface area (Å²) in [5.41, 5.74) is 17.7. The Hall–Kier alpha value is -3.33. The van der Waals surface area contributed by atoms with E-state index in [0.717, 1.165) is 24.8 Å². The Labute approximate surface area is 168 Å². The van der Waals surface area contributed by atoms with Crippen LogP contribution in [0, 0.1) is 0 Å². The lowest BCUT2D eigenvalue weighted by molar-refractivity contribution is 0.0972. The van der Waals surface area contributed by atoms with Crippen LogP contribution in [0.25, 0.3) is 0 Å². The minimum absolute atomic E-state index is 0.0474. The van der Waals surface area contributed by atoms with Crippen LogP contribution < -0.4 is 22.5 Å². The Morgan fingerprint density at radius 1 is 1.14 bits per heavy atom. The first-order valence-electron chi connectivity index (χ1n) is 8.34. The number of carbonyl (C=O) groups is 1. The van der Waals surface area contributed by atoms with Gasteiger partial charge in [-0.3, -0.25) is 15.1 Å². The molecule has 2 aromatic rings. The zero-order valence-electron chi connectivity index (χ0n) is 15.4. The van der Waals surface area contributed by atoms with Crippen LogP contribution >= 0.6 is 11.6 Å². The first kappa shape index (κ1) is 22.7. The average Bonchev–Trinajstić information content (AvgIpc) is 2.67. The van der Waals surface area contributed by atoms with Gasteiger partial charge in [0, 0.05) is 6.54 Å². The van der Waals surface area contributed by atoms with Crippen molar-refractivity contribution in [2.75, 3.05) is 18.0 Å². The molecule has 150 valence electrons. The van der Waals surface area contributed by atoms with Gasteiger partial charge in [-0.05, 0) is 37.0 Å². The fourth-order valence-electron chi connectivity index (χ4n) is 2.13. The van der Waals surface area contributed by atoms with E-state index in [0.29, 0.717) is 6.54 Å². The van der Waals surface area contributed by atoms with E-state index in [9.17, 15) is 9.90 Å². The van der Waals surface area contributed by atoms with Gasteiger partial charge in [0.15, 0.2) is 28.4 Å². The van der Waals surface area contributed by atoms with Crippen molar-refractivity contribution in [3.05, 3.63) is 53.8 Å². The predicted octanol–water partition coefficient (Wildman–Crippen LogP) is 1.87. The molecule has 8 N–H and O–H groups in total. The highest BCUT2D eigenvalue weighted by molar-refractivity contribution is 6.31. The second kappa shape index (κ2) is 11.4. The van der Waals surface area contributed by atoms with Crippen LogP contribution in [0.1, 0.15) is 28.9 Å². The van der Waals surface area contributed by atoms with Gasteiger partial charge in [-0.1, -0.05) is 23.7 Å². The third-order valence-electron chi connectivity index (χ3n) is 3.45. The third kappa shape index (κ3) is 7.12. The Morgan fingerprint density at radius 3 is 2.43 bits per heavy atom. The number of halogens is 1. The van der Waals surface area contributed by atoms with E-state index >= 15 is 0 Å². The van der Waals surface area contributed by atoms with E-state index in [-0.39, 0.29) is 34.2 Å². The molecule has 1 heterocycles. The number of amides is 1. The maximum Gasteiger partial charge on any atom is 0.280 e. The molecular formula is C18H24ClN7O2. The lowest BCUT2D eigenvalue weighted by Crippen LogP contribution is -2.38. The number of aryl methyl sites for hydroxylation is 1. The lowest BCUT2D eigenvalue weighted by atomic mass is 10.1. The SMILES string of the molecule is C=C.NC(=NCCCCc1ccc(O)cc1)NC(=O)c1nc(Cl)c(N)nc1N. The largest absolute Gasteiger partial charge is 0.508 e. The molecule has 0 radical (unpaired) electrons. The number of aromatic nitrogens is 2. The zero-order chi connectivity index (χ0) is 21.1. The fraction of sp³-hybridized carbons (Fsp3) is 0.222. The fourth-order valence-corrected chi connectivity index (χ4v) is 2.25. The summed E-state index contributed by atoms with van der Waals surface area (Å²) < 4.78 is 0. The normalized spacial score (nSPS) is 10.7. The first-order chi connectivity index (χ1) is 13.4. The van der Waals surface area contributed by atoms with Crippen LogP contribution in [-0.2, 0) is 6.42 Å². The summed E-state index contributed by atoms with van der Waals surface area (Å²) in [4.78, 5) is 23.7. The number of phenols is 1. The molecule has 10 heteroatoms. The van der Waals surface area contributed by atoms with Crippen molar-refractivity contribution in [1.82, 2.24) is 15.3 Å². The molecule has 9 nitrogen and oxygen atoms in total. The maximum atomic E-state index is 12.1. The number of nitrogens with zero attached hydrogens (tertiary/aromatic N) is 3. The summed E-state index contributed by atoms with van der Waals surface area (Å²) in [5, 5.41) is 11.5. The number of aliphatic imine (C=N–C) groups is 1. The Balaban J connectivity index is 0.00000190. The standard InChI is InChI=1S/C16H20ClN7O2.C2H4/c17-12-14(19)23-13(18)11(22-12)15(26)24-16(20)21-8-2-1-3-9-4-6-10(25)7-5-9;1-2/h4-7,25H,1-3,8H2,(H4,18,19,23)(H3,20,21,24,26);1-2H2. The Morgan fingerprint density at radius 2 is 1.79 bits per heavy atom. The highest BCUT2D eigenvalue weighted by Crippen LogP contribution is 2.17. The molecule has 28 heavy (non-hydrogen) atoms. The lowest BCUT2D eigenvalue weighted by Gasteiger charge is -2.07. The number of nitrogens with two attached hydrogens (primary N) is 3. The molecule has 0 unspecified atom stereocenters. The molecule has 0 fully saturated rings. The second-order valence-corrected chi connectivity index (χ2v) is 5.84. The summed E-state index contributed by atoms with van der Waals surface area (Å²) in [5.74, 6) is -0.673. The molecular weight excluding hydrogens is 382 g/mol. The van der Waals surface area contributed by atoms with E-state index in [1.54, 1.807) is 12.1 Å². The maximum absolute atomic E-state index is 12.1. The van der Waals surface area contributed by atoms with Crippen molar-refractivity contribution in [1.29, 1.82) is 0 Å². The van der Waals surface area contributed by atoms with E-state index < -0.39 is 5.91 Å². The third-order valence-corrected chi connectivity index (χ3v) is 3.73. The van der Waals surface area contributed by atoms with E-state index in [1.807, 2.05) is 12.1 Å². The first-order valence-corrected chi connectivity index (χ1v) is 8.72. The predicted molar refractivity (Wildman–Crippen MR) is 112 cm³/mol. The number of nitrogen functional groups attached to an aromatic ring is 2. The average molecular weight is 406 g/mol. The van der Waals surface area contributed by atoms with E-state index in [2.05, 4.69) is 33.4 Å². The van der Waals surface area contributed by atoms with Gasteiger partial charge in [-0.25, -0.2) is 9.97 Å². The summed E-state index contributed by atoms with van der Waals surface area (Å²) >= 11 is 5.73. The number of hydrogen-bond acceptors (Lipinski definition) is 7. The summed E-state index contributed by atoms with van der Waals surface area (Å²) in [6.45, 7) is 6.45. The monoisotopic (exact) mass is 405 g/mol. The molecule has 0 atom stereocenters. The van der Waals surface area contributed by atoms with Gasteiger partial charge in [0.25, 0.3) is 5.91 Å². The molecule has 0 saturated heterocycles. The Bertz CT molecular complexity index is 825. The summed E-state index contributed by atoms with van der Waals surface area (Å²) in [6.07, 6.45) is 2.53. The van der Waals surface area contributed by atoms with E-state index in [1.165, 1.54) is 0 Å². The minimum atomic E-state index is -0.665. The van der Waals surface area contributed by atoms with Crippen molar-refractivity contribution in [2.24, 2.45) is 10.7 Å². The molecule has 0 aliphatic rings. The number of hydrogen-bond donors (Lipinski definition) is 5. The summed E-state index contributed by atoms with van der Waals surface area (Å²) in [6, 6.07) is 7.05. The van der Waals surface area contributed by atoms with Gasteiger partial charge in [-0.2, -0.15) is 0 Å². The number of aromatic hydroxyl groups is 1. The van der Waals surface area contributed by atoms with Crippen molar-refractivity contribution < 1.29 is 9.90 Å². The minimum Gasteiger partial charge on any atom is -0.508 e. The molecule has 1 aromatic carbocycles. The number of guanidine groups is 1. The van der Waals surface area contributed by atoms with Gasteiger partial charge < -0.3 is 22.3 Å². The molecule has 0 spiro atoms. The van der Waals surface area contributed by atoms with Crippen LogP contribution in [-0.4, -0.2) is 33.5 Å². The van der Waals surface area contributed by atoms with Gasteiger partial charge in [-0.15, -0.1) is 13.2 Å². The molecule has 1 aromatic heterocycles. The van der Waals surface area contributed by atoms with Gasteiger partial charge in [0.05, 0.1) is 0 Å². The van der Waals surface area contributed by atoms with Gasteiger partial charge >= 0.3 is 0 Å². The van der Waals surface area contributed by atoms with Crippen molar-refractivity contribution in [2.45, 2.75) is 19.3 Å². The van der Waals surface area contributed by atoms with E-state index in [4.69, 9.17) is 28.8 Å². The molecule has 0 bridgehead atoms.